The number of thiophene rings is 1. The molecule has 0 unspecified atom stereocenters. The summed E-state index contributed by atoms with van der Waals surface area (Å²) in [5, 5.41) is 2.81. The molecule has 7 heteroatoms. The van der Waals surface area contributed by atoms with Crippen LogP contribution in [0, 0.1) is 0 Å². The van der Waals surface area contributed by atoms with Crippen molar-refractivity contribution in [3.05, 3.63) is 69.4 Å². The molecule has 3 heterocycles. The van der Waals surface area contributed by atoms with Crippen LogP contribution in [-0.4, -0.2) is 25.9 Å². The molecule has 0 spiro atoms. The van der Waals surface area contributed by atoms with E-state index in [-0.39, 0.29) is 11.7 Å². The van der Waals surface area contributed by atoms with Crippen molar-refractivity contribution >= 4 is 62.2 Å². The van der Waals surface area contributed by atoms with Crippen LogP contribution in [0.2, 0.25) is 0 Å². The number of nitrogens with one attached hydrogen (secondary N) is 1. The third-order valence-corrected chi connectivity index (χ3v) is 6.12. The number of nitrogens with zero attached hydrogens (tertiary/aromatic N) is 1. The summed E-state index contributed by atoms with van der Waals surface area (Å²) in [6, 6.07) is 11.5. The Balaban J connectivity index is 1.60. The second-order valence-corrected chi connectivity index (χ2v) is 8.17. The SMILES string of the molecule is O=C(/C=C1\SC(=S)N(Cc2cccs2)C1=O)c1c[nH]c2ccccc12. The fourth-order valence-corrected chi connectivity index (χ4v) is 4.59. The van der Waals surface area contributed by atoms with Crippen molar-refractivity contribution in [3.63, 3.8) is 0 Å². The molecule has 0 saturated carbocycles. The number of thiocarbonyl (C=S) groups is 1. The highest BCUT2D eigenvalue weighted by atomic mass is 32.2. The summed E-state index contributed by atoms with van der Waals surface area (Å²) in [6.07, 6.45) is 3.07. The van der Waals surface area contributed by atoms with Crippen LogP contribution in [-0.2, 0) is 11.3 Å². The number of carbonyl (C=O) groups excluding carboxylic acids is 2. The summed E-state index contributed by atoms with van der Waals surface area (Å²) in [7, 11) is 0. The van der Waals surface area contributed by atoms with Crippen molar-refractivity contribution < 1.29 is 9.59 Å². The van der Waals surface area contributed by atoms with Gasteiger partial charge < -0.3 is 4.98 Å². The highest BCUT2D eigenvalue weighted by molar-refractivity contribution is 8.26. The van der Waals surface area contributed by atoms with E-state index in [1.54, 1.807) is 22.4 Å². The number of benzene rings is 1. The third kappa shape index (κ3) is 3.06. The van der Waals surface area contributed by atoms with Gasteiger partial charge in [-0.2, -0.15) is 0 Å². The molecule has 1 aromatic carbocycles. The number of H-pyrrole nitrogens is 1. The first-order chi connectivity index (χ1) is 12.1. The van der Waals surface area contributed by atoms with Gasteiger partial charge in [-0.15, -0.1) is 11.3 Å². The van der Waals surface area contributed by atoms with E-state index in [1.165, 1.54) is 17.8 Å². The number of thioether (sulfide) groups is 1. The Hall–Kier alpha value is -2.22. The fourth-order valence-electron chi connectivity index (χ4n) is 2.67. The van der Waals surface area contributed by atoms with Crippen LogP contribution in [0.4, 0.5) is 0 Å². The number of amides is 1. The molecule has 124 valence electrons. The summed E-state index contributed by atoms with van der Waals surface area (Å²) in [4.78, 5) is 31.3. The number of aromatic amines is 1. The first kappa shape index (κ1) is 16.3. The predicted molar refractivity (Wildman–Crippen MR) is 106 cm³/mol. The smallest absolute Gasteiger partial charge is 0.266 e. The van der Waals surface area contributed by atoms with E-state index in [2.05, 4.69) is 4.98 Å². The maximum Gasteiger partial charge on any atom is 0.266 e. The van der Waals surface area contributed by atoms with Crippen LogP contribution in [0.5, 0.6) is 0 Å². The molecule has 2 aromatic heterocycles. The number of ketones is 1. The second kappa shape index (κ2) is 6.59. The third-order valence-electron chi connectivity index (χ3n) is 3.88. The van der Waals surface area contributed by atoms with Crippen molar-refractivity contribution in [1.29, 1.82) is 0 Å². The zero-order valence-electron chi connectivity index (χ0n) is 12.9. The Bertz CT molecular complexity index is 1020. The molecule has 0 aliphatic carbocycles. The first-order valence-electron chi connectivity index (χ1n) is 7.51. The molecular weight excluding hydrogens is 372 g/mol. The lowest BCUT2D eigenvalue weighted by molar-refractivity contribution is -0.122. The summed E-state index contributed by atoms with van der Waals surface area (Å²) in [6.45, 7) is 0.445. The highest BCUT2D eigenvalue weighted by Crippen LogP contribution is 2.33. The van der Waals surface area contributed by atoms with E-state index in [1.807, 2.05) is 41.8 Å². The van der Waals surface area contributed by atoms with Gasteiger partial charge in [0, 0.05) is 33.6 Å². The molecule has 4 nitrogen and oxygen atoms in total. The molecule has 4 rings (SSSR count). The van der Waals surface area contributed by atoms with Gasteiger partial charge in [-0.25, -0.2) is 0 Å². The number of aromatic nitrogens is 1. The minimum absolute atomic E-state index is 0.200. The summed E-state index contributed by atoms with van der Waals surface area (Å²) >= 11 is 8.06. The van der Waals surface area contributed by atoms with Crippen molar-refractivity contribution in [2.45, 2.75) is 6.54 Å². The number of hydrogen-bond donors (Lipinski definition) is 1. The van der Waals surface area contributed by atoms with E-state index in [0.717, 1.165) is 15.8 Å². The molecule has 0 bridgehead atoms. The Morgan fingerprint density at radius 3 is 2.88 bits per heavy atom. The zero-order valence-corrected chi connectivity index (χ0v) is 15.3. The monoisotopic (exact) mass is 384 g/mol. The Labute approximate surface area is 157 Å². The van der Waals surface area contributed by atoms with Crippen LogP contribution in [0.1, 0.15) is 15.2 Å². The van der Waals surface area contributed by atoms with E-state index in [4.69, 9.17) is 12.2 Å². The topological polar surface area (TPSA) is 53.2 Å². The summed E-state index contributed by atoms with van der Waals surface area (Å²) < 4.78 is 0.483. The largest absolute Gasteiger partial charge is 0.360 e. The first-order valence-corrected chi connectivity index (χ1v) is 9.62. The molecule has 1 aliphatic heterocycles. The Morgan fingerprint density at radius 2 is 2.08 bits per heavy atom. The lowest BCUT2D eigenvalue weighted by Crippen LogP contribution is -2.27. The van der Waals surface area contributed by atoms with E-state index >= 15 is 0 Å². The van der Waals surface area contributed by atoms with Crippen LogP contribution in [0.3, 0.4) is 0 Å². The number of para-hydroxylation sites is 1. The zero-order chi connectivity index (χ0) is 17.4. The molecule has 1 fully saturated rings. The molecule has 1 amide bonds. The molecule has 1 N–H and O–H groups in total. The van der Waals surface area contributed by atoms with Gasteiger partial charge in [-0.1, -0.05) is 48.2 Å². The molecule has 3 aromatic rings. The average molecular weight is 385 g/mol. The Morgan fingerprint density at radius 1 is 1.24 bits per heavy atom. The van der Waals surface area contributed by atoms with Gasteiger partial charge >= 0.3 is 0 Å². The lowest BCUT2D eigenvalue weighted by atomic mass is 10.1. The average Bonchev–Trinajstić information content (AvgIpc) is 3.32. The predicted octanol–water partition coefficient (Wildman–Crippen LogP) is 4.36. The normalized spacial score (nSPS) is 16.3. The molecule has 0 radical (unpaired) electrons. The maximum absolute atomic E-state index is 12.6. The van der Waals surface area contributed by atoms with Crippen molar-refractivity contribution in [3.8, 4) is 0 Å². The molecule has 25 heavy (non-hydrogen) atoms. The maximum atomic E-state index is 12.6. The molecule has 0 atom stereocenters. The van der Waals surface area contributed by atoms with E-state index in [9.17, 15) is 9.59 Å². The Kier molecular flexibility index (Phi) is 4.29. The summed E-state index contributed by atoms with van der Waals surface area (Å²) in [5.74, 6) is -0.411. The quantitative estimate of drug-likeness (QED) is 0.413. The van der Waals surface area contributed by atoms with Gasteiger partial charge in [0.15, 0.2) is 5.78 Å². The highest BCUT2D eigenvalue weighted by Gasteiger charge is 2.33. The second-order valence-electron chi connectivity index (χ2n) is 5.46. The van der Waals surface area contributed by atoms with Crippen molar-refractivity contribution in [1.82, 2.24) is 9.88 Å². The van der Waals surface area contributed by atoms with Crippen LogP contribution >= 0.6 is 35.3 Å². The van der Waals surface area contributed by atoms with Crippen LogP contribution in [0.25, 0.3) is 10.9 Å². The van der Waals surface area contributed by atoms with E-state index in [0.29, 0.717) is 21.3 Å². The van der Waals surface area contributed by atoms with Gasteiger partial charge in [0.1, 0.15) is 4.32 Å². The van der Waals surface area contributed by atoms with Gasteiger partial charge in [0.2, 0.25) is 0 Å². The lowest BCUT2D eigenvalue weighted by Gasteiger charge is -2.12. The van der Waals surface area contributed by atoms with Crippen LogP contribution in [0.15, 0.2) is 59.0 Å². The minimum atomic E-state index is -0.211. The fraction of sp³-hybridized carbons (Fsp3) is 0.0556. The van der Waals surface area contributed by atoms with Gasteiger partial charge in [-0.05, 0) is 17.5 Å². The van der Waals surface area contributed by atoms with Gasteiger partial charge in [-0.3, -0.25) is 14.5 Å². The standard InChI is InChI=1S/C18H12N2O2S3/c21-15(13-9-19-14-6-2-1-5-12(13)14)8-16-17(22)20(18(23)25-16)10-11-4-3-7-24-11/h1-9,19H,10H2/b16-8-. The van der Waals surface area contributed by atoms with E-state index < -0.39 is 0 Å². The van der Waals surface area contributed by atoms with Crippen molar-refractivity contribution in [2.75, 3.05) is 0 Å². The van der Waals surface area contributed by atoms with Gasteiger partial charge in [0.25, 0.3) is 5.91 Å². The number of allylic oxidation sites excluding steroid dienone is 1. The summed E-state index contributed by atoms with van der Waals surface area (Å²) in [5.41, 5.74) is 1.45. The molecule has 1 saturated heterocycles. The van der Waals surface area contributed by atoms with Crippen molar-refractivity contribution in [2.24, 2.45) is 0 Å². The minimum Gasteiger partial charge on any atom is -0.360 e. The number of carbonyl (C=O) groups is 2. The number of hydrogen-bond acceptors (Lipinski definition) is 5. The number of rotatable bonds is 4. The molecule has 1 aliphatic rings. The molecular formula is C18H12N2O2S3. The van der Waals surface area contributed by atoms with Gasteiger partial charge in [0.05, 0.1) is 11.4 Å². The van der Waals surface area contributed by atoms with Crippen LogP contribution < -0.4 is 0 Å². The number of fused-ring (bicyclic) bond motifs is 1.